The van der Waals surface area contributed by atoms with Crippen molar-refractivity contribution < 1.29 is 13.2 Å². The summed E-state index contributed by atoms with van der Waals surface area (Å²) in [6.45, 7) is 1.58. The highest BCUT2D eigenvalue weighted by molar-refractivity contribution is 7.89. The van der Waals surface area contributed by atoms with Crippen LogP contribution in [0, 0.1) is 0 Å². The van der Waals surface area contributed by atoms with Crippen LogP contribution in [0.4, 0.5) is 0 Å². The molecule has 0 bridgehead atoms. The van der Waals surface area contributed by atoms with Gasteiger partial charge in [-0.2, -0.15) is 4.31 Å². The highest BCUT2D eigenvalue weighted by atomic mass is 32.2. The zero-order chi connectivity index (χ0) is 22.4. The van der Waals surface area contributed by atoms with Gasteiger partial charge in [-0.05, 0) is 37.0 Å². The van der Waals surface area contributed by atoms with Crippen LogP contribution in [0.25, 0.3) is 10.6 Å². The highest BCUT2D eigenvalue weighted by Gasteiger charge is 2.25. The van der Waals surface area contributed by atoms with Crippen LogP contribution in [-0.2, 0) is 27.8 Å². The summed E-state index contributed by atoms with van der Waals surface area (Å²) in [6, 6.07) is 16.9. The molecule has 0 atom stereocenters. The number of hydrogen-bond acceptors (Lipinski definition) is 5. The van der Waals surface area contributed by atoms with Crippen molar-refractivity contribution >= 4 is 27.3 Å². The van der Waals surface area contributed by atoms with Gasteiger partial charge >= 0.3 is 0 Å². The lowest BCUT2D eigenvalue weighted by atomic mass is 10.1. The summed E-state index contributed by atoms with van der Waals surface area (Å²) in [5.41, 5.74) is 2.85. The van der Waals surface area contributed by atoms with Crippen molar-refractivity contribution in [2.75, 3.05) is 13.1 Å². The number of hydrogen-bond donors (Lipinski definition) is 1. The Morgan fingerprint density at radius 3 is 2.44 bits per heavy atom. The van der Waals surface area contributed by atoms with Crippen molar-refractivity contribution in [3.63, 3.8) is 0 Å². The lowest BCUT2D eigenvalue weighted by Gasteiger charge is -2.25. The molecule has 0 aliphatic carbocycles. The normalized spacial score (nSPS) is 14.9. The third-order valence-corrected chi connectivity index (χ3v) is 8.41. The number of carbonyl (C=O) groups excluding carboxylic acids is 1. The van der Waals surface area contributed by atoms with Crippen LogP contribution in [-0.4, -0.2) is 36.7 Å². The number of amides is 1. The molecule has 1 aliphatic rings. The molecule has 0 unspecified atom stereocenters. The molecule has 1 amide bonds. The summed E-state index contributed by atoms with van der Waals surface area (Å²) in [7, 11) is -3.42. The molecular formula is C24H27N3O3S2. The predicted octanol–water partition coefficient (Wildman–Crippen LogP) is 4.23. The molecule has 1 aliphatic heterocycles. The number of rotatable bonds is 8. The first-order chi connectivity index (χ1) is 15.5. The molecule has 168 valence electrons. The Bertz CT molecular complexity index is 1140. The van der Waals surface area contributed by atoms with Gasteiger partial charge in [0.2, 0.25) is 15.9 Å². The molecule has 0 radical (unpaired) electrons. The maximum Gasteiger partial charge on any atom is 0.243 e. The number of aryl methyl sites for hydroxylation is 1. The average molecular weight is 470 g/mol. The van der Waals surface area contributed by atoms with Crippen LogP contribution >= 0.6 is 11.3 Å². The van der Waals surface area contributed by atoms with Crippen LogP contribution in [0.3, 0.4) is 0 Å². The summed E-state index contributed by atoms with van der Waals surface area (Å²) < 4.78 is 27.0. The smallest absolute Gasteiger partial charge is 0.243 e. The molecule has 1 fully saturated rings. The second-order valence-electron chi connectivity index (χ2n) is 7.90. The maximum absolute atomic E-state index is 12.7. The van der Waals surface area contributed by atoms with Gasteiger partial charge in [-0.3, -0.25) is 4.79 Å². The summed E-state index contributed by atoms with van der Waals surface area (Å²) in [5.74, 6) is -0.0516. The lowest BCUT2D eigenvalue weighted by Crippen LogP contribution is -2.35. The Morgan fingerprint density at radius 2 is 1.72 bits per heavy atom. The molecule has 32 heavy (non-hydrogen) atoms. The molecule has 0 saturated carbocycles. The minimum Gasteiger partial charge on any atom is -0.350 e. The maximum atomic E-state index is 12.7. The first-order valence-electron chi connectivity index (χ1n) is 10.9. The number of benzene rings is 2. The molecule has 2 aromatic carbocycles. The van der Waals surface area contributed by atoms with Crippen molar-refractivity contribution in [2.45, 2.75) is 43.5 Å². The van der Waals surface area contributed by atoms with Crippen molar-refractivity contribution in [2.24, 2.45) is 0 Å². The van der Waals surface area contributed by atoms with E-state index in [1.54, 1.807) is 39.9 Å². The topological polar surface area (TPSA) is 79.4 Å². The number of sulfonamides is 1. The number of carbonyl (C=O) groups is 1. The van der Waals surface area contributed by atoms with Crippen molar-refractivity contribution in [1.29, 1.82) is 0 Å². The van der Waals surface area contributed by atoms with E-state index in [4.69, 9.17) is 0 Å². The first kappa shape index (κ1) is 22.6. The van der Waals surface area contributed by atoms with E-state index in [-0.39, 0.29) is 5.91 Å². The van der Waals surface area contributed by atoms with Crippen LogP contribution in [0.15, 0.2) is 64.9 Å². The van der Waals surface area contributed by atoms with Gasteiger partial charge in [0, 0.05) is 30.5 Å². The minimum atomic E-state index is -3.42. The summed E-state index contributed by atoms with van der Waals surface area (Å²) in [6.07, 6.45) is 3.82. The van der Waals surface area contributed by atoms with Crippen molar-refractivity contribution in [3.05, 3.63) is 71.2 Å². The number of aromatic nitrogens is 1. The van der Waals surface area contributed by atoms with Gasteiger partial charge in [-0.15, -0.1) is 11.3 Å². The Labute approximate surface area is 193 Å². The van der Waals surface area contributed by atoms with Gasteiger partial charge in [0.25, 0.3) is 0 Å². The van der Waals surface area contributed by atoms with Gasteiger partial charge in [0.15, 0.2) is 0 Å². The SMILES string of the molecule is O=C(CCc1ccc(S(=O)(=O)N2CCCCC2)cc1)NCc1csc(-c2ccccc2)n1. The first-order valence-corrected chi connectivity index (χ1v) is 13.2. The fraction of sp³-hybridized carbons (Fsp3) is 0.333. The van der Waals surface area contributed by atoms with Crippen LogP contribution in [0.2, 0.25) is 0 Å². The fourth-order valence-corrected chi connectivity index (χ4v) is 6.06. The van der Waals surface area contributed by atoms with E-state index in [0.717, 1.165) is 41.1 Å². The molecule has 1 saturated heterocycles. The molecule has 8 heteroatoms. The van der Waals surface area contributed by atoms with Gasteiger partial charge in [-0.1, -0.05) is 48.9 Å². The lowest BCUT2D eigenvalue weighted by molar-refractivity contribution is -0.121. The third-order valence-electron chi connectivity index (χ3n) is 5.56. The Morgan fingerprint density at radius 1 is 1.00 bits per heavy atom. The number of thiazole rings is 1. The Hall–Kier alpha value is -2.55. The average Bonchev–Trinajstić information content (AvgIpc) is 3.32. The number of nitrogens with zero attached hydrogens (tertiary/aromatic N) is 2. The van der Waals surface area contributed by atoms with Gasteiger partial charge in [-0.25, -0.2) is 13.4 Å². The van der Waals surface area contributed by atoms with E-state index in [2.05, 4.69) is 10.3 Å². The van der Waals surface area contributed by atoms with E-state index in [1.165, 1.54) is 0 Å². The largest absolute Gasteiger partial charge is 0.350 e. The van der Waals surface area contributed by atoms with Gasteiger partial charge in [0.05, 0.1) is 17.1 Å². The molecule has 6 nitrogen and oxygen atoms in total. The standard InChI is InChI=1S/C24H27N3O3S2/c28-23(25-17-21-18-31-24(26-21)20-7-3-1-4-8-20)14-11-19-9-12-22(13-10-19)32(29,30)27-15-5-2-6-16-27/h1,3-4,7-10,12-13,18H,2,5-6,11,14-17H2,(H,25,28). The van der Waals surface area contributed by atoms with Crippen molar-refractivity contribution in [3.8, 4) is 10.6 Å². The predicted molar refractivity (Wildman–Crippen MR) is 127 cm³/mol. The van der Waals surface area contributed by atoms with Crippen molar-refractivity contribution in [1.82, 2.24) is 14.6 Å². The van der Waals surface area contributed by atoms with E-state index in [1.807, 2.05) is 35.7 Å². The number of nitrogens with one attached hydrogen (secondary N) is 1. The Balaban J connectivity index is 1.26. The van der Waals surface area contributed by atoms with Crippen LogP contribution in [0.5, 0.6) is 0 Å². The summed E-state index contributed by atoms with van der Waals surface area (Å²) in [4.78, 5) is 17.2. The minimum absolute atomic E-state index is 0.0516. The molecule has 4 rings (SSSR count). The van der Waals surface area contributed by atoms with E-state index < -0.39 is 10.0 Å². The molecule has 3 aromatic rings. The Kier molecular flexibility index (Phi) is 7.34. The van der Waals surface area contributed by atoms with E-state index >= 15 is 0 Å². The monoisotopic (exact) mass is 469 g/mol. The van der Waals surface area contributed by atoms with E-state index in [9.17, 15) is 13.2 Å². The second-order valence-corrected chi connectivity index (χ2v) is 10.7. The quantitative estimate of drug-likeness (QED) is 0.535. The highest BCUT2D eigenvalue weighted by Crippen LogP contribution is 2.23. The summed E-state index contributed by atoms with van der Waals surface area (Å²) in [5, 5.41) is 5.82. The molecule has 2 heterocycles. The van der Waals surface area contributed by atoms with E-state index in [0.29, 0.717) is 37.4 Å². The summed E-state index contributed by atoms with van der Waals surface area (Å²) >= 11 is 1.56. The zero-order valence-electron chi connectivity index (χ0n) is 17.9. The van der Waals surface area contributed by atoms with Gasteiger partial charge < -0.3 is 5.32 Å². The van der Waals surface area contributed by atoms with Gasteiger partial charge in [0.1, 0.15) is 5.01 Å². The second kappa shape index (κ2) is 10.4. The van der Waals surface area contributed by atoms with Crippen LogP contribution in [0.1, 0.15) is 36.9 Å². The molecular weight excluding hydrogens is 442 g/mol. The molecule has 1 N–H and O–H groups in total. The number of piperidine rings is 1. The molecule has 1 aromatic heterocycles. The molecule has 0 spiro atoms. The third kappa shape index (κ3) is 5.62. The van der Waals surface area contributed by atoms with Crippen LogP contribution < -0.4 is 5.32 Å². The fourth-order valence-electron chi connectivity index (χ4n) is 3.72. The zero-order valence-corrected chi connectivity index (χ0v) is 19.5.